The highest BCUT2D eigenvalue weighted by molar-refractivity contribution is 5.81. The monoisotopic (exact) mass is 286 g/mol. The first-order chi connectivity index (χ1) is 10.3. The van der Waals surface area contributed by atoms with Crippen molar-refractivity contribution >= 4 is 10.9 Å². The summed E-state index contributed by atoms with van der Waals surface area (Å²) >= 11 is 0. The first-order valence-corrected chi connectivity index (χ1v) is 8.10. The van der Waals surface area contributed by atoms with Gasteiger partial charge in [-0.1, -0.05) is 18.2 Å². The van der Waals surface area contributed by atoms with E-state index in [-0.39, 0.29) is 0 Å². The molecule has 114 valence electrons. The number of para-hydroxylation sites is 1. The molecule has 2 heterocycles. The number of nitrogens with zero attached hydrogens (tertiary/aromatic N) is 1. The van der Waals surface area contributed by atoms with E-state index in [9.17, 15) is 0 Å². The van der Waals surface area contributed by atoms with E-state index in [4.69, 9.17) is 4.74 Å². The van der Waals surface area contributed by atoms with Crippen LogP contribution in [0.25, 0.3) is 10.9 Å². The van der Waals surface area contributed by atoms with Crippen molar-refractivity contribution in [2.24, 2.45) is 5.92 Å². The normalized spacial score (nSPS) is 18.2. The highest BCUT2D eigenvalue weighted by atomic mass is 16.5. The Morgan fingerprint density at radius 2 is 2.05 bits per heavy atom. The second kappa shape index (κ2) is 6.63. The summed E-state index contributed by atoms with van der Waals surface area (Å²) in [5.74, 6) is 0.748. The van der Waals surface area contributed by atoms with E-state index >= 15 is 0 Å². The molecule has 21 heavy (non-hydrogen) atoms. The molecule has 1 aliphatic rings. The van der Waals surface area contributed by atoms with Crippen LogP contribution >= 0.6 is 0 Å². The van der Waals surface area contributed by atoms with Gasteiger partial charge in [0.15, 0.2) is 0 Å². The molecule has 1 saturated heterocycles. The fourth-order valence-electron chi connectivity index (χ4n) is 3.26. The molecule has 0 radical (unpaired) electrons. The number of hydrogen-bond donors (Lipinski definition) is 1. The number of likely N-dealkylation sites (N-methyl/N-ethyl adjacent to an activating group) is 1. The summed E-state index contributed by atoms with van der Waals surface area (Å²) in [4.78, 5) is 0. The second-order valence-electron chi connectivity index (χ2n) is 6.25. The van der Waals surface area contributed by atoms with Crippen LogP contribution < -0.4 is 5.32 Å². The predicted octanol–water partition coefficient (Wildman–Crippen LogP) is 3.22. The molecular weight excluding hydrogens is 260 g/mol. The van der Waals surface area contributed by atoms with Crippen molar-refractivity contribution in [2.75, 3.05) is 20.3 Å². The number of benzene rings is 1. The molecule has 1 fully saturated rings. The summed E-state index contributed by atoms with van der Waals surface area (Å²) in [6, 6.07) is 11.6. The minimum Gasteiger partial charge on any atom is -0.381 e. The maximum Gasteiger partial charge on any atom is 0.0482 e. The number of rotatable bonds is 5. The lowest BCUT2D eigenvalue weighted by atomic mass is 10.00. The molecule has 1 aromatic carbocycles. The van der Waals surface area contributed by atoms with Crippen molar-refractivity contribution < 1.29 is 4.74 Å². The Morgan fingerprint density at radius 1 is 1.29 bits per heavy atom. The van der Waals surface area contributed by atoms with Gasteiger partial charge < -0.3 is 14.6 Å². The molecule has 0 spiro atoms. The lowest BCUT2D eigenvalue weighted by Gasteiger charge is -2.24. The molecule has 3 heteroatoms. The quantitative estimate of drug-likeness (QED) is 0.913. The molecule has 0 saturated carbocycles. The zero-order chi connectivity index (χ0) is 14.7. The minimum absolute atomic E-state index is 0.503. The van der Waals surface area contributed by atoms with Gasteiger partial charge in [-0.3, -0.25) is 0 Å². The lowest BCUT2D eigenvalue weighted by molar-refractivity contribution is 0.0614. The molecule has 1 N–H and O–H groups in total. The standard InChI is InChI=1S/C18H26N2O/c1-14(19-2)11-17-12-16-5-3-4-6-18(16)20(17)13-15-7-9-21-10-8-15/h3-6,12,14-15,19H,7-11,13H2,1-2H3. The third kappa shape index (κ3) is 3.30. The highest BCUT2D eigenvalue weighted by Crippen LogP contribution is 2.25. The van der Waals surface area contributed by atoms with Gasteiger partial charge in [0.1, 0.15) is 0 Å². The number of ether oxygens (including phenoxy) is 1. The van der Waals surface area contributed by atoms with Gasteiger partial charge >= 0.3 is 0 Å². The van der Waals surface area contributed by atoms with Gasteiger partial charge in [-0.2, -0.15) is 0 Å². The van der Waals surface area contributed by atoms with Gasteiger partial charge in [-0.15, -0.1) is 0 Å². The lowest BCUT2D eigenvalue weighted by Crippen LogP contribution is -2.26. The van der Waals surface area contributed by atoms with Crippen molar-refractivity contribution in [3.05, 3.63) is 36.0 Å². The smallest absolute Gasteiger partial charge is 0.0482 e. The zero-order valence-corrected chi connectivity index (χ0v) is 13.1. The van der Waals surface area contributed by atoms with Crippen molar-refractivity contribution in [3.63, 3.8) is 0 Å². The molecule has 1 aliphatic heterocycles. The largest absolute Gasteiger partial charge is 0.381 e. The van der Waals surface area contributed by atoms with Crippen LogP contribution in [0.1, 0.15) is 25.5 Å². The predicted molar refractivity (Wildman–Crippen MR) is 87.7 cm³/mol. The molecule has 0 amide bonds. The summed E-state index contributed by atoms with van der Waals surface area (Å²) in [5, 5.41) is 4.72. The van der Waals surface area contributed by atoms with Gasteiger partial charge in [0.25, 0.3) is 0 Å². The van der Waals surface area contributed by atoms with Gasteiger partial charge in [0.2, 0.25) is 0 Å². The Bertz CT molecular complexity index is 584. The minimum atomic E-state index is 0.503. The van der Waals surface area contributed by atoms with Crippen LogP contribution in [-0.2, 0) is 17.7 Å². The van der Waals surface area contributed by atoms with Gasteiger partial charge in [0, 0.05) is 43.4 Å². The zero-order valence-electron chi connectivity index (χ0n) is 13.1. The molecule has 1 atom stereocenters. The molecule has 3 nitrogen and oxygen atoms in total. The fraction of sp³-hybridized carbons (Fsp3) is 0.556. The number of nitrogens with one attached hydrogen (secondary N) is 1. The van der Waals surface area contributed by atoms with Crippen molar-refractivity contribution in [3.8, 4) is 0 Å². The fourth-order valence-corrected chi connectivity index (χ4v) is 3.26. The van der Waals surface area contributed by atoms with Crippen LogP contribution in [0.4, 0.5) is 0 Å². The molecule has 3 rings (SSSR count). The third-order valence-electron chi connectivity index (χ3n) is 4.69. The Hall–Kier alpha value is -1.32. The van der Waals surface area contributed by atoms with Crippen molar-refractivity contribution in [1.82, 2.24) is 9.88 Å². The van der Waals surface area contributed by atoms with Crippen LogP contribution in [0.5, 0.6) is 0 Å². The Labute approximate surface area is 127 Å². The molecule has 0 bridgehead atoms. The molecule has 2 aromatic rings. The number of hydrogen-bond acceptors (Lipinski definition) is 2. The second-order valence-corrected chi connectivity index (χ2v) is 6.25. The average Bonchev–Trinajstić information content (AvgIpc) is 2.86. The van der Waals surface area contributed by atoms with E-state index < -0.39 is 0 Å². The van der Waals surface area contributed by atoms with E-state index in [0.29, 0.717) is 6.04 Å². The summed E-state index contributed by atoms with van der Waals surface area (Å²) in [6.45, 7) is 5.22. The van der Waals surface area contributed by atoms with Crippen LogP contribution in [-0.4, -0.2) is 30.9 Å². The van der Waals surface area contributed by atoms with Crippen molar-refractivity contribution in [1.29, 1.82) is 0 Å². The molecule has 0 aliphatic carbocycles. The summed E-state index contributed by atoms with van der Waals surface area (Å²) in [5.41, 5.74) is 2.83. The van der Waals surface area contributed by atoms with E-state index in [2.05, 4.69) is 47.1 Å². The Kier molecular flexibility index (Phi) is 4.61. The van der Waals surface area contributed by atoms with E-state index in [0.717, 1.165) is 32.1 Å². The number of fused-ring (bicyclic) bond motifs is 1. The van der Waals surface area contributed by atoms with Crippen LogP contribution in [0.2, 0.25) is 0 Å². The topological polar surface area (TPSA) is 26.2 Å². The number of aromatic nitrogens is 1. The third-order valence-corrected chi connectivity index (χ3v) is 4.69. The maximum absolute atomic E-state index is 5.50. The van der Waals surface area contributed by atoms with Crippen LogP contribution in [0.3, 0.4) is 0 Å². The first kappa shape index (κ1) is 14.6. The molecule has 1 unspecified atom stereocenters. The van der Waals surface area contributed by atoms with Crippen LogP contribution in [0.15, 0.2) is 30.3 Å². The summed E-state index contributed by atoms with van der Waals surface area (Å²) in [7, 11) is 2.04. The van der Waals surface area contributed by atoms with Gasteiger partial charge in [0.05, 0.1) is 0 Å². The maximum atomic E-state index is 5.50. The summed E-state index contributed by atoms with van der Waals surface area (Å²) < 4.78 is 8.04. The molecular formula is C18H26N2O. The van der Waals surface area contributed by atoms with E-state index in [1.54, 1.807) is 0 Å². The van der Waals surface area contributed by atoms with Crippen LogP contribution in [0, 0.1) is 5.92 Å². The highest BCUT2D eigenvalue weighted by Gasteiger charge is 2.18. The van der Waals surface area contributed by atoms with Crippen molar-refractivity contribution in [2.45, 2.75) is 38.8 Å². The first-order valence-electron chi connectivity index (χ1n) is 8.10. The summed E-state index contributed by atoms with van der Waals surface area (Å²) in [6.07, 6.45) is 3.45. The van der Waals surface area contributed by atoms with Gasteiger partial charge in [-0.05, 0) is 50.2 Å². The SMILES string of the molecule is CNC(C)Cc1cc2ccccc2n1CC1CCOCC1. The Morgan fingerprint density at radius 3 is 2.81 bits per heavy atom. The van der Waals surface area contributed by atoms with E-state index in [1.165, 1.54) is 29.4 Å². The van der Waals surface area contributed by atoms with E-state index in [1.807, 2.05) is 7.05 Å². The average molecular weight is 286 g/mol. The molecule has 1 aromatic heterocycles. The Balaban J connectivity index is 1.90. The van der Waals surface area contributed by atoms with Gasteiger partial charge in [-0.25, -0.2) is 0 Å².